The van der Waals surface area contributed by atoms with Gasteiger partial charge in [-0.3, -0.25) is 9.78 Å². The number of pyridine rings is 1. The Hall–Kier alpha value is -2.14. The molecule has 2 aromatic rings. The molecule has 0 aliphatic carbocycles. The van der Waals surface area contributed by atoms with E-state index < -0.39 is 0 Å². The van der Waals surface area contributed by atoms with Gasteiger partial charge in [-0.15, -0.1) is 0 Å². The summed E-state index contributed by atoms with van der Waals surface area (Å²) in [5, 5.41) is 0. The Morgan fingerprint density at radius 2 is 1.96 bits per heavy atom. The molecule has 3 fully saturated rings. The van der Waals surface area contributed by atoms with Crippen molar-refractivity contribution >= 4 is 5.91 Å². The fourth-order valence-corrected chi connectivity index (χ4v) is 4.32. The lowest BCUT2D eigenvalue weighted by atomic mass is 9.83. The number of piperidine rings is 3. The summed E-state index contributed by atoms with van der Waals surface area (Å²) in [5.74, 6) is 2.38. The minimum Gasteiger partial charge on any atom is -0.458 e. The Kier molecular flexibility index (Phi) is 2.85. The molecule has 5 nitrogen and oxygen atoms in total. The van der Waals surface area contributed by atoms with Crippen molar-refractivity contribution in [1.29, 1.82) is 0 Å². The van der Waals surface area contributed by atoms with E-state index in [2.05, 4.69) is 9.88 Å². The Morgan fingerprint density at radius 3 is 2.61 bits per heavy atom. The molecular formula is C18H19N3O2. The standard InChI is InChI=1S/C18H19N3O2/c22-18-14-9-16(13-1-5-19-6-2-13)23-17(14)11-21(18)15-10-20-7-3-12(15)4-8-20/h1-2,5-6,9,12,15H,3-4,7-8,10-11H2/t15-/m0/s1. The molecule has 0 unspecified atom stereocenters. The van der Waals surface area contributed by atoms with Crippen LogP contribution in [0.25, 0.3) is 11.3 Å². The lowest BCUT2D eigenvalue weighted by Crippen LogP contribution is -2.57. The summed E-state index contributed by atoms with van der Waals surface area (Å²) in [6.07, 6.45) is 5.92. The molecule has 0 N–H and O–H groups in total. The van der Waals surface area contributed by atoms with Crippen LogP contribution >= 0.6 is 0 Å². The molecule has 6 rings (SSSR count). The zero-order valence-electron chi connectivity index (χ0n) is 12.9. The van der Waals surface area contributed by atoms with E-state index in [1.165, 1.54) is 25.9 Å². The number of carbonyl (C=O) groups is 1. The normalized spacial score (nSPS) is 29.1. The van der Waals surface area contributed by atoms with Gasteiger partial charge in [-0.25, -0.2) is 0 Å². The molecule has 6 heterocycles. The summed E-state index contributed by atoms with van der Waals surface area (Å²) in [4.78, 5) is 21.4. The minimum atomic E-state index is 0.141. The van der Waals surface area contributed by atoms with E-state index in [0.717, 1.165) is 29.2 Å². The molecule has 0 radical (unpaired) electrons. The SMILES string of the molecule is O=C1c2cc(-c3ccncc3)oc2CN1[C@H]1CN2CCC1CC2. The molecule has 1 atom stereocenters. The van der Waals surface area contributed by atoms with Crippen LogP contribution < -0.4 is 0 Å². The van der Waals surface area contributed by atoms with E-state index in [-0.39, 0.29) is 5.91 Å². The summed E-state index contributed by atoms with van der Waals surface area (Å²) < 4.78 is 5.98. The number of nitrogens with zero attached hydrogens (tertiary/aromatic N) is 3. The van der Waals surface area contributed by atoms with E-state index >= 15 is 0 Å². The molecule has 0 spiro atoms. The van der Waals surface area contributed by atoms with Gasteiger partial charge in [-0.1, -0.05) is 0 Å². The smallest absolute Gasteiger partial charge is 0.258 e. The molecule has 4 aliphatic rings. The number of amides is 1. The fourth-order valence-electron chi connectivity index (χ4n) is 4.32. The first-order valence-corrected chi connectivity index (χ1v) is 8.36. The Bertz CT molecular complexity index is 747. The van der Waals surface area contributed by atoms with Crippen LogP contribution in [0.2, 0.25) is 0 Å². The van der Waals surface area contributed by atoms with Crippen LogP contribution in [-0.4, -0.2) is 46.4 Å². The second-order valence-electron chi connectivity index (χ2n) is 6.82. The first kappa shape index (κ1) is 13.3. The monoisotopic (exact) mass is 309 g/mol. The van der Waals surface area contributed by atoms with Crippen molar-refractivity contribution in [2.75, 3.05) is 19.6 Å². The van der Waals surface area contributed by atoms with Crippen LogP contribution in [-0.2, 0) is 6.54 Å². The number of fused-ring (bicyclic) bond motifs is 4. The molecule has 2 aromatic heterocycles. The average molecular weight is 309 g/mol. The van der Waals surface area contributed by atoms with Crippen molar-refractivity contribution in [2.45, 2.75) is 25.4 Å². The maximum Gasteiger partial charge on any atom is 0.258 e. The summed E-state index contributed by atoms with van der Waals surface area (Å²) in [6, 6.07) is 6.07. The van der Waals surface area contributed by atoms with E-state index in [1.54, 1.807) is 12.4 Å². The first-order valence-electron chi connectivity index (χ1n) is 8.36. The summed E-state index contributed by atoms with van der Waals surface area (Å²) >= 11 is 0. The van der Waals surface area contributed by atoms with Crippen LogP contribution in [0.4, 0.5) is 0 Å². The molecule has 1 amide bonds. The highest BCUT2D eigenvalue weighted by Crippen LogP contribution is 2.37. The predicted molar refractivity (Wildman–Crippen MR) is 84.8 cm³/mol. The second kappa shape index (κ2) is 4.93. The Labute approximate surface area is 134 Å². The zero-order chi connectivity index (χ0) is 15.4. The topological polar surface area (TPSA) is 49.6 Å². The van der Waals surface area contributed by atoms with Crippen LogP contribution in [0.3, 0.4) is 0 Å². The van der Waals surface area contributed by atoms with Crippen molar-refractivity contribution < 1.29 is 9.21 Å². The average Bonchev–Trinajstić information content (AvgIpc) is 3.16. The highest BCUT2D eigenvalue weighted by molar-refractivity contribution is 5.99. The van der Waals surface area contributed by atoms with Gasteiger partial charge in [0.25, 0.3) is 5.91 Å². The maximum absolute atomic E-state index is 12.9. The maximum atomic E-state index is 12.9. The minimum absolute atomic E-state index is 0.141. The van der Waals surface area contributed by atoms with Crippen molar-refractivity contribution in [3.63, 3.8) is 0 Å². The molecule has 0 aromatic carbocycles. The van der Waals surface area contributed by atoms with Gasteiger partial charge in [-0.2, -0.15) is 0 Å². The molecular weight excluding hydrogens is 290 g/mol. The fraction of sp³-hybridized carbons (Fsp3) is 0.444. The molecule has 3 saturated heterocycles. The highest BCUT2D eigenvalue weighted by atomic mass is 16.3. The van der Waals surface area contributed by atoms with Crippen molar-refractivity contribution in [2.24, 2.45) is 5.92 Å². The van der Waals surface area contributed by atoms with Gasteiger partial charge in [0.1, 0.15) is 11.5 Å². The van der Waals surface area contributed by atoms with Crippen LogP contribution in [0.15, 0.2) is 35.0 Å². The quantitative estimate of drug-likeness (QED) is 0.855. The van der Waals surface area contributed by atoms with Crippen LogP contribution in [0.1, 0.15) is 29.0 Å². The molecule has 0 saturated carbocycles. The lowest BCUT2D eigenvalue weighted by molar-refractivity contribution is 0.00723. The van der Waals surface area contributed by atoms with E-state index in [0.29, 0.717) is 18.5 Å². The van der Waals surface area contributed by atoms with E-state index in [1.807, 2.05) is 23.1 Å². The van der Waals surface area contributed by atoms with Crippen LogP contribution in [0.5, 0.6) is 0 Å². The molecule has 4 aliphatic heterocycles. The third-order valence-electron chi connectivity index (χ3n) is 5.60. The number of rotatable bonds is 2. The zero-order valence-corrected chi connectivity index (χ0v) is 12.9. The molecule has 2 bridgehead atoms. The number of hydrogen-bond acceptors (Lipinski definition) is 4. The highest BCUT2D eigenvalue weighted by Gasteiger charge is 2.43. The third-order valence-corrected chi connectivity index (χ3v) is 5.60. The summed E-state index contributed by atoms with van der Waals surface area (Å²) in [7, 11) is 0. The Balaban J connectivity index is 1.42. The number of hydrogen-bond donors (Lipinski definition) is 0. The summed E-state index contributed by atoms with van der Waals surface area (Å²) in [5.41, 5.74) is 1.71. The van der Waals surface area contributed by atoms with Gasteiger partial charge in [0.05, 0.1) is 12.1 Å². The number of furan rings is 1. The Morgan fingerprint density at radius 1 is 1.17 bits per heavy atom. The van der Waals surface area contributed by atoms with Crippen molar-refractivity contribution in [1.82, 2.24) is 14.8 Å². The van der Waals surface area contributed by atoms with Crippen LogP contribution in [0, 0.1) is 5.92 Å². The van der Waals surface area contributed by atoms with Gasteiger partial charge in [0.2, 0.25) is 0 Å². The lowest BCUT2D eigenvalue weighted by Gasteiger charge is -2.48. The van der Waals surface area contributed by atoms with Crippen molar-refractivity contribution in [3.8, 4) is 11.3 Å². The summed E-state index contributed by atoms with van der Waals surface area (Å²) in [6.45, 7) is 4.03. The second-order valence-corrected chi connectivity index (χ2v) is 6.82. The third kappa shape index (κ3) is 2.03. The molecule has 5 heteroatoms. The number of aromatic nitrogens is 1. The van der Waals surface area contributed by atoms with Gasteiger partial charge in [0, 0.05) is 30.5 Å². The number of carbonyl (C=O) groups excluding carboxylic acids is 1. The van der Waals surface area contributed by atoms with Gasteiger partial charge in [-0.05, 0) is 50.0 Å². The first-order chi connectivity index (χ1) is 11.3. The van der Waals surface area contributed by atoms with Gasteiger partial charge in [0.15, 0.2) is 0 Å². The predicted octanol–water partition coefficient (Wildman–Crippen LogP) is 2.39. The molecule has 118 valence electrons. The van der Waals surface area contributed by atoms with E-state index in [9.17, 15) is 4.79 Å². The van der Waals surface area contributed by atoms with Crippen molar-refractivity contribution in [3.05, 3.63) is 41.9 Å². The van der Waals surface area contributed by atoms with Gasteiger partial charge < -0.3 is 14.2 Å². The van der Waals surface area contributed by atoms with Gasteiger partial charge >= 0.3 is 0 Å². The molecule has 23 heavy (non-hydrogen) atoms. The largest absolute Gasteiger partial charge is 0.458 e. The van der Waals surface area contributed by atoms with E-state index in [4.69, 9.17) is 4.42 Å².